The maximum absolute atomic E-state index is 11.7. The predicted octanol–water partition coefficient (Wildman–Crippen LogP) is -2.96. The number of nitrogens with two attached hydrogens (primary N) is 1. The summed E-state index contributed by atoms with van der Waals surface area (Å²) in [7, 11) is 0. The number of rotatable bonds is 8. The third-order valence-electron chi connectivity index (χ3n) is 5.76. The van der Waals surface area contributed by atoms with Crippen LogP contribution in [0.1, 0.15) is 27.7 Å². The highest BCUT2D eigenvalue weighted by atomic mass is 16.7. The van der Waals surface area contributed by atoms with Crippen molar-refractivity contribution in [2.24, 2.45) is 11.7 Å². The van der Waals surface area contributed by atoms with Gasteiger partial charge in [-0.1, -0.05) is 6.92 Å². The third-order valence-corrected chi connectivity index (χ3v) is 5.76. The minimum Gasteiger partial charge on any atom is -0.394 e. The molecule has 30 heavy (non-hydrogen) atoms. The highest BCUT2D eigenvalue weighted by Gasteiger charge is 2.49. The van der Waals surface area contributed by atoms with Crippen LogP contribution in [0.15, 0.2) is 0 Å². The monoisotopic (exact) mass is 435 g/mol. The van der Waals surface area contributed by atoms with Crippen LogP contribution in [0.4, 0.5) is 0 Å². The zero-order chi connectivity index (χ0) is 22.6. The van der Waals surface area contributed by atoms with Gasteiger partial charge in [0, 0.05) is 25.4 Å². The molecule has 0 aromatic carbocycles. The van der Waals surface area contributed by atoms with Crippen LogP contribution in [0.25, 0.3) is 0 Å². The van der Waals surface area contributed by atoms with Gasteiger partial charge in [0.05, 0.1) is 37.6 Å². The van der Waals surface area contributed by atoms with Crippen LogP contribution in [0.3, 0.4) is 0 Å². The van der Waals surface area contributed by atoms with Gasteiger partial charge in [0.2, 0.25) is 5.91 Å². The molecule has 8 N–H and O–H groups in total. The summed E-state index contributed by atoms with van der Waals surface area (Å²) >= 11 is 0. The second kappa shape index (κ2) is 11.1. The number of amides is 1. The second-order valence-corrected chi connectivity index (χ2v) is 8.37. The Kier molecular flexibility index (Phi) is 9.40. The smallest absolute Gasteiger partial charge is 0.217 e. The molecule has 0 saturated carbocycles. The van der Waals surface area contributed by atoms with Crippen molar-refractivity contribution in [3.63, 3.8) is 0 Å². The molecule has 0 aromatic heterocycles. The molecule has 2 aliphatic heterocycles. The first kappa shape index (κ1) is 25.4. The zero-order valence-corrected chi connectivity index (χ0v) is 18.0. The van der Waals surface area contributed by atoms with Gasteiger partial charge < -0.3 is 51.0 Å². The fourth-order valence-corrected chi connectivity index (χ4v) is 4.02. The number of hydrogen-bond acceptors (Lipinski definition) is 10. The van der Waals surface area contributed by atoms with Crippen LogP contribution in [0.2, 0.25) is 0 Å². The molecule has 0 bridgehead atoms. The van der Waals surface area contributed by atoms with E-state index in [-0.39, 0.29) is 12.6 Å². The fraction of sp³-hybridized carbons (Fsp3) is 0.947. The Morgan fingerprint density at radius 1 is 1.10 bits per heavy atom. The van der Waals surface area contributed by atoms with E-state index < -0.39 is 73.4 Å². The molecule has 2 fully saturated rings. The summed E-state index contributed by atoms with van der Waals surface area (Å²) in [6.07, 6.45) is -6.33. The van der Waals surface area contributed by atoms with Crippen molar-refractivity contribution >= 4 is 5.91 Å². The van der Waals surface area contributed by atoms with Gasteiger partial charge in [-0.05, 0) is 13.8 Å². The molecule has 2 saturated heterocycles. The number of nitrogens with one attached hydrogen (secondary N) is 2. The van der Waals surface area contributed by atoms with E-state index in [1.165, 1.54) is 6.92 Å². The average Bonchev–Trinajstić information content (AvgIpc) is 2.68. The fourth-order valence-electron chi connectivity index (χ4n) is 4.02. The summed E-state index contributed by atoms with van der Waals surface area (Å²) in [6.45, 7) is 6.26. The maximum Gasteiger partial charge on any atom is 0.217 e. The van der Waals surface area contributed by atoms with Crippen LogP contribution >= 0.6 is 0 Å². The van der Waals surface area contributed by atoms with Crippen LogP contribution in [-0.4, -0.2) is 107 Å². The Balaban J connectivity index is 2.23. The minimum atomic E-state index is -1.17. The van der Waals surface area contributed by atoms with E-state index in [4.69, 9.17) is 19.9 Å². The van der Waals surface area contributed by atoms with Gasteiger partial charge in [0.1, 0.15) is 24.4 Å². The summed E-state index contributed by atoms with van der Waals surface area (Å²) in [6, 6.07) is -1.60. The topological polar surface area (TPSA) is 176 Å². The Bertz CT molecular complexity index is 554. The van der Waals surface area contributed by atoms with Crippen molar-refractivity contribution in [3.8, 4) is 0 Å². The average molecular weight is 436 g/mol. The Morgan fingerprint density at radius 3 is 2.27 bits per heavy atom. The van der Waals surface area contributed by atoms with E-state index in [0.29, 0.717) is 6.54 Å². The molecule has 11 nitrogen and oxygen atoms in total. The molecule has 0 aromatic rings. The molecule has 0 aliphatic carbocycles. The van der Waals surface area contributed by atoms with E-state index >= 15 is 0 Å². The van der Waals surface area contributed by atoms with Gasteiger partial charge in [-0.15, -0.1) is 0 Å². The van der Waals surface area contributed by atoms with E-state index in [0.717, 1.165) is 0 Å². The van der Waals surface area contributed by atoms with Crippen LogP contribution in [0.5, 0.6) is 0 Å². The summed E-state index contributed by atoms with van der Waals surface area (Å²) < 4.78 is 17.6. The molecule has 2 rings (SSSR count). The minimum absolute atomic E-state index is 0.146. The van der Waals surface area contributed by atoms with E-state index in [2.05, 4.69) is 10.6 Å². The molecule has 2 heterocycles. The van der Waals surface area contributed by atoms with Crippen molar-refractivity contribution in [1.29, 1.82) is 0 Å². The number of carbonyl (C=O) groups is 1. The number of ether oxygens (including phenoxy) is 3. The predicted molar refractivity (Wildman–Crippen MR) is 106 cm³/mol. The zero-order valence-electron chi connectivity index (χ0n) is 18.0. The Morgan fingerprint density at radius 2 is 1.73 bits per heavy atom. The Labute approximate surface area is 176 Å². The molecule has 11 atom stereocenters. The van der Waals surface area contributed by atoms with E-state index in [9.17, 15) is 25.2 Å². The lowest BCUT2D eigenvalue weighted by Gasteiger charge is -2.48. The van der Waals surface area contributed by atoms with Crippen LogP contribution < -0.4 is 16.4 Å². The lowest BCUT2D eigenvalue weighted by molar-refractivity contribution is -0.306. The van der Waals surface area contributed by atoms with E-state index in [1.807, 2.05) is 6.92 Å². The molecule has 0 spiro atoms. The normalized spacial score (nSPS) is 43.2. The molecular formula is C19H37N3O8. The van der Waals surface area contributed by atoms with Crippen LogP contribution in [0, 0.1) is 5.92 Å². The van der Waals surface area contributed by atoms with Gasteiger partial charge in [-0.25, -0.2) is 0 Å². The largest absolute Gasteiger partial charge is 0.394 e. The number of aliphatic hydroxyl groups is 4. The van der Waals surface area contributed by atoms with Crippen molar-refractivity contribution in [3.05, 3.63) is 0 Å². The van der Waals surface area contributed by atoms with Gasteiger partial charge in [0.15, 0.2) is 6.29 Å². The maximum atomic E-state index is 11.7. The van der Waals surface area contributed by atoms with Crippen molar-refractivity contribution in [2.45, 2.75) is 88.7 Å². The Hall–Kier alpha value is -0.890. The van der Waals surface area contributed by atoms with Crippen molar-refractivity contribution in [2.75, 3.05) is 19.8 Å². The van der Waals surface area contributed by atoms with E-state index in [1.54, 1.807) is 13.8 Å². The summed E-state index contributed by atoms with van der Waals surface area (Å²) in [4.78, 5) is 11.7. The second-order valence-electron chi connectivity index (χ2n) is 8.37. The first-order valence-corrected chi connectivity index (χ1v) is 10.4. The molecule has 1 amide bonds. The quantitative estimate of drug-likeness (QED) is 0.208. The highest BCUT2D eigenvalue weighted by molar-refractivity contribution is 5.73. The summed E-state index contributed by atoms with van der Waals surface area (Å²) in [5.74, 6) is -0.858. The SMILES string of the molecule is CC(=O)NC1[C@H](O[C@@H]2C(CO)O[C@@H](C)C(NCC(C)N)[C@H]2O)OC(CO)[C@H](C)[C@@H]1O. The molecule has 0 radical (unpaired) electrons. The molecule has 2 aliphatic rings. The third kappa shape index (κ3) is 5.87. The lowest BCUT2D eigenvalue weighted by atomic mass is 9.88. The summed E-state index contributed by atoms with van der Waals surface area (Å²) in [5.41, 5.74) is 5.79. The summed E-state index contributed by atoms with van der Waals surface area (Å²) in [5, 5.41) is 46.8. The van der Waals surface area contributed by atoms with Gasteiger partial charge in [-0.3, -0.25) is 4.79 Å². The standard InChI is InChI=1S/C19H37N3O8/c1-8(20)5-21-14-10(3)28-13(7-24)18(17(14)27)30-19-15(22-11(4)25)16(26)9(2)12(6-23)29-19/h8-10,12-19,21,23-24,26-27H,5-7,20H2,1-4H3,(H,22,25)/t8?,9-,10-,12?,13?,14?,15?,16-,17+,18+,19-/m0/s1. The highest BCUT2D eigenvalue weighted by Crippen LogP contribution is 2.31. The van der Waals surface area contributed by atoms with Crippen molar-refractivity contribution < 1.29 is 39.4 Å². The van der Waals surface area contributed by atoms with Gasteiger partial charge in [-0.2, -0.15) is 0 Å². The first-order chi connectivity index (χ1) is 14.1. The molecule has 176 valence electrons. The lowest BCUT2D eigenvalue weighted by Crippen LogP contribution is -2.67. The molecule has 11 heteroatoms. The number of carbonyl (C=O) groups excluding carboxylic acids is 1. The number of hydrogen-bond donors (Lipinski definition) is 7. The van der Waals surface area contributed by atoms with Gasteiger partial charge >= 0.3 is 0 Å². The molecule has 5 unspecified atom stereocenters. The van der Waals surface area contributed by atoms with Crippen LogP contribution in [-0.2, 0) is 19.0 Å². The van der Waals surface area contributed by atoms with Crippen molar-refractivity contribution in [1.82, 2.24) is 10.6 Å². The van der Waals surface area contributed by atoms with Gasteiger partial charge in [0.25, 0.3) is 0 Å². The number of aliphatic hydroxyl groups excluding tert-OH is 4. The first-order valence-electron chi connectivity index (χ1n) is 10.4. The molecular weight excluding hydrogens is 398 g/mol.